The van der Waals surface area contributed by atoms with Crippen LogP contribution in [0.15, 0.2) is 66.7 Å². The molecule has 7 nitrogen and oxygen atoms in total. The van der Waals surface area contributed by atoms with Gasteiger partial charge >= 0.3 is 24.1 Å². The normalized spacial score (nSPS) is 21.6. The van der Waals surface area contributed by atoms with Crippen LogP contribution in [0, 0.1) is 28.4 Å². The van der Waals surface area contributed by atoms with E-state index in [0.29, 0.717) is 0 Å². The Kier molecular flexibility index (Phi) is 9.59. The quantitative estimate of drug-likeness (QED) is 0.128. The maximum atomic E-state index is 15.8. The van der Waals surface area contributed by atoms with E-state index in [1.807, 2.05) is 6.07 Å². The van der Waals surface area contributed by atoms with Crippen molar-refractivity contribution in [2.45, 2.75) is 49.9 Å². The summed E-state index contributed by atoms with van der Waals surface area (Å²) in [6.07, 6.45) is -5.99. The van der Waals surface area contributed by atoms with Gasteiger partial charge in [-0.15, -0.1) is 0 Å². The molecular formula is C31H23Cl2F5N2O5. The molecule has 4 atom stereocenters. The zero-order valence-electron chi connectivity index (χ0n) is 23.4. The van der Waals surface area contributed by atoms with E-state index in [9.17, 15) is 32.8 Å². The highest BCUT2D eigenvalue weighted by Gasteiger charge is 2.63. The molecule has 0 saturated carbocycles. The number of hydrogen-bond donors (Lipinski definition) is 1. The van der Waals surface area contributed by atoms with Crippen molar-refractivity contribution in [3.63, 3.8) is 0 Å². The van der Waals surface area contributed by atoms with Gasteiger partial charge < -0.3 is 9.47 Å². The second-order valence-corrected chi connectivity index (χ2v) is 11.8. The molecule has 0 spiro atoms. The number of nitrogens with one attached hydrogen (secondary N) is 1. The number of benzene rings is 3. The van der Waals surface area contributed by atoms with E-state index in [-0.39, 0.29) is 10.8 Å². The van der Waals surface area contributed by atoms with Gasteiger partial charge in [0.15, 0.2) is 0 Å². The first-order valence-corrected chi connectivity index (χ1v) is 14.0. The van der Waals surface area contributed by atoms with Crippen molar-refractivity contribution in [3.05, 3.63) is 99.5 Å². The molecule has 1 heterocycles. The molecule has 45 heavy (non-hydrogen) atoms. The van der Waals surface area contributed by atoms with Crippen molar-refractivity contribution in [3.8, 4) is 11.8 Å². The maximum Gasteiger partial charge on any atom is 0.491 e. The highest BCUT2D eigenvalue weighted by atomic mass is 35.5. The number of halogens is 7. The minimum Gasteiger partial charge on any atom is -0.426 e. The number of para-hydroxylation sites is 1. The monoisotopic (exact) mass is 668 g/mol. The first kappa shape index (κ1) is 33.8. The number of esters is 3. The number of hydrogen-bond acceptors (Lipinski definition) is 7. The predicted octanol–water partition coefficient (Wildman–Crippen LogP) is 6.81. The van der Waals surface area contributed by atoms with Crippen molar-refractivity contribution < 1.29 is 45.8 Å². The molecule has 0 unspecified atom stereocenters. The molecule has 14 heteroatoms. The van der Waals surface area contributed by atoms with Crippen molar-refractivity contribution in [2.24, 2.45) is 5.41 Å². The summed E-state index contributed by atoms with van der Waals surface area (Å²) in [4.78, 5) is 38.3. The maximum absolute atomic E-state index is 15.8. The van der Waals surface area contributed by atoms with Crippen LogP contribution in [-0.2, 0) is 24.5 Å². The second kappa shape index (κ2) is 12.7. The number of rotatable bonds is 7. The SMILES string of the molecule is CC(C)(C[C@@H]1N[C@@H](C(=O)OC(=O)C(F)(F)F)[C@H](c2cccc(Cl)c2F)[C@@]1(C#N)c1ccc(Cl)cc1F)C(=O)Oc1ccccc1. The lowest BCUT2D eigenvalue weighted by atomic mass is 9.62. The summed E-state index contributed by atoms with van der Waals surface area (Å²) in [5.41, 5.74) is -4.76. The van der Waals surface area contributed by atoms with Gasteiger partial charge in [0.05, 0.1) is 16.5 Å². The fourth-order valence-electron chi connectivity index (χ4n) is 5.46. The lowest BCUT2D eigenvalue weighted by molar-refractivity contribution is -0.202. The number of ether oxygens (including phenoxy) is 2. The van der Waals surface area contributed by atoms with Gasteiger partial charge in [0.2, 0.25) is 0 Å². The minimum absolute atomic E-state index is 0.0872. The van der Waals surface area contributed by atoms with Gasteiger partial charge in [0.1, 0.15) is 28.8 Å². The smallest absolute Gasteiger partial charge is 0.426 e. The zero-order chi connectivity index (χ0) is 33.3. The molecule has 0 bridgehead atoms. The first-order chi connectivity index (χ1) is 21.0. The third-order valence-electron chi connectivity index (χ3n) is 7.53. The van der Waals surface area contributed by atoms with Gasteiger partial charge in [-0.25, -0.2) is 18.4 Å². The number of carbonyl (C=O) groups is 3. The molecule has 1 aliphatic heterocycles. The zero-order valence-corrected chi connectivity index (χ0v) is 24.9. The Labute approximate surface area is 263 Å². The number of nitriles is 1. The summed E-state index contributed by atoms with van der Waals surface area (Å²) in [7, 11) is 0. The number of alkyl halides is 3. The van der Waals surface area contributed by atoms with Gasteiger partial charge in [0.25, 0.3) is 0 Å². The van der Waals surface area contributed by atoms with Gasteiger partial charge in [-0.05, 0) is 56.2 Å². The Balaban J connectivity index is 1.93. The van der Waals surface area contributed by atoms with Crippen LogP contribution < -0.4 is 10.1 Å². The Bertz CT molecular complexity index is 1680. The largest absolute Gasteiger partial charge is 0.491 e. The van der Waals surface area contributed by atoms with Gasteiger partial charge in [0, 0.05) is 22.5 Å². The predicted molar refractivity (Wildman–Crippen MR) is 151 cm³/mol. The average molecular weight is 669 g/mol. The standard InChI is InChI=1S/C31H23Cl2F5N2O5/c1-29(2,27(42)44-17-7-4-3-5-8-17)14-22-30(15-39,19-12-11-16(32)13-21(19)34)23(18-9-6-10-20(33)24(18)35)25(40-22)26(41)45-28(43)31(36,37)38/h3-13,22-23,25,40H,14H2,1-2H3/t22-,23-,25+,30-/m0/s1. The molecule has 3 aromatic rings. The van der Waals surface area contributed by atoms with Gasteiger partial charge in [-0.1, -0.05) is 59.6 Å². The van der Waals surface area contributed by atoms with Gasteiger partial charge in [-0.3, -0.25) is 10.1 Å². The lowest BCUT2D eigenvalue weighted by Gasteiger charge is -2.37. The van der Waals surface area contributed by atoms with E-state index in [4.69, 9.17) is 27.9 Å². The third kappa shape index (κ3) is 6.66. The van der Waals surface area contributed by atoms with E-state index in [1.54, 1.807) is 18.2 Å². The molecule has 0 aliphatic carbocycles. The second-order valence-electron chi connectivity index (χ2n) is 10.9. The Morgan fingerprint density at radius 1 is 0.978 bits per heavy atom. The van der Waals surface area contributed by atoms with Crippen LogP contribution in [0.5, 0.6) is 5.75 Å². The highest BCUT2D eigenvalue weighted by molar-refractivity contribution is 6.31. The first-order valence-electron chi connectivity index (χ1n) is 13.2. The summed E-state index contributed by atoms with van der Waals surface area (Å²) in [5, 5.41) is 12.9. The fourth-order valence-corrected chi connectivity index (χ4v) is 5.80. The van der Waals surface area contributed by atoms with Gasteiger partial charge in [-0.2, -0.15) is 18.4 Å². The summed E-state index contributed by atoms with van der Waals surface area (Å²) < 4.78 is 80.3. The number of nitrogens with zero attached hydrogens (tertiary/aromatic N) is 1. The fraction of sp³-hybridized carbons (Fsp3) is 0.290. The van der Waals surface area contributed by atoms with E-state index < -0.39 is 87.1 Å². The van der Waals surface area contributed by atoms with Crippen LogP contribution in [0.25, 0.3) is 0 Å². The Hall–Kier alpha value is -4.05. The van der Waals surface area contributed by atoms with Crippen molar-refractivity contribution >= 4 is 41.1 Å². The number of carbonyl (C=O) groups excluding carboxylic acids is 3. The summed E-state index contributed by atoms with van der Waals surface area (Å²) >= 11 is 12.0. The summed E-state index contributed by atoms with van der Waals surface area (Å²) in [6.45, 7) is 2.85. The molecule has 0 radical (unpaired) electrons. The van der Waals surface area contributed by atoms with E-state index in [0.717, 1.165) is 24.3 Å². The molecule has 4 rings (SSSR count). The molecule has 236 valence electrons. The van der Waals surface area contributed by atoms with E-state index >= 15 is 8.78 Å². The molecule has 1 aliphatic rings. The topological polar surface area (TPSA) is 105 Å². The molecule has 1 fully saturated rings. The van der Waals surface area contributed by atoms with Crippen molar-refractivity contribution in [1.29, 1.82) is 5.26 Å². The third-order valence-corrected chi connectivity index (χ3v) is 8.06. The van der Waals surface area contributed by atoms with E-state index in [1.165, 1.54) is 38.1 Å². The molecular weight excluding hydrogens is 646 g/mol. The molecule has 0 amide bonds. The summed E-state index contributed by atoms with van der Waals surface area (Å²) in [6, 6.07) is 13.0. The van der Waals surface area contributed by atoms with E-state index in [2.05, 4.69) is 10.1 Å². The lowest BCUT2D eigenvalue weighted by Crippen LogP contribution is -2.47. The minimum atomic E-state index is -5.58. The van der Waals surface area contributed by atoms with Crippen molar-refractivity contribution in [2.75, 3.05) is 0 Å². The molecule has 1 N–H and O–H groups in total. The molecule has 3 aromatic carbocycles. The average Bonchev–Trinajstić information content (AvgIpc) is 3.28. The Morgan fingerprint density at radius 2 is 1.64 bits per heavy atom. The summed E-state index contributed by atoms with van der Waals surface area (Å²) in [5.74, 6) is -9.43. The van der Waals surface area contributed by atoms with Crippen molar-refractivity contribution in [1.82, 2.24) is 5.32 Å². The van der Waals surface area contributed by atoms with Crippen LogP contribution in [0.4, 0.5) is 22.0 Å². The van der Waals surface area contributed by atoms with Crippen LogP contribution in [-0.4, -0.2) is 36.2 Å². The Morgan fingerprint density at radius 3 is 2.24 bits per heavy atom. The van der Waals surface area contributed by atoms with Crippen LogP contribution in [0.3, 0.4) is 0 Å². The molecule has 0 aromatic heterocycles. The van der Waals surface area contributed by atoms with Crippen LogP contribution in [0.1, 0.15) is 37.3 Å². The van der Waals surface area contributed by atoms with Crippen LogP contribution in [0.2, 0.25) is 10.0 Å². The molecule has 1 saturated heterocycles. The van der Waals surface area contributed by atoms with Crippen LogP contribution >= 0.6 is 23.2 Å². The highest BCUT2D eigenvalue weighted by Crippen LogP contribution is 2.53.